The molecule has 0 spiro atoms. The first-order chi connectivity index (χ1) is 9.66. The number of nitrogen functional groups attached to an aromatic ring is 1. The summed E-state index contributed by atoms with van der Waals surface area (Å²) in [5, 5.41) is 8.34. The number of hydrogen-bond donors (Lipinski definition) is 1. The summed E-state index contributed by atoms with van der Waals surface area (Å²) in [6.07, 6.45) is 3.45. The third kappa shape index (κ3) is 2.03. The summed E-state index contributed by atoms with van der Waals surface area (Å²) < 4.78 is 1.66. The largest absolute Gasteiger partial charge is 0.382 e. The summed E-state index contributed by atoms with van der Waals surface area (Å²) >= 11 is 0. The Morgan fingerprint density at radius 1 is 1.15 bits per heavy atom. The topological polar surface area (TPSA) is 69.6 Å². The molecule has 0 radical (unpaired) electrons. The molecule has 100 valence electrons. The second-order valence-corrected chi connectivity index (χ2v) is 4.77. The van der Waals surface area contributed by atoms with Crippen LogP contribution in [0.2, 0.25) is 0 Å². The van der Waals surface area contributed by atoms with Crippen molar-refractivity contribution in [3.8, 4) is 16.9 Å². The van der Waals surface area contributed by atoms with Crippen molar-refractivity contribution in [2.24, 2.45) is 0 Å². The molecule has 0 bridgehead atoms. The maximum absolute atomic E-state index is 6.18. The summed E-state index contributed by atoms with van der Waals surface area (Å²) in [5.74, 6) is 0.518. The van der Waals surface area contributed by atoms with Gasteiger partial charge in [0.2, 0.25) is 0 Å². The Morgan fingerprint density at radius 2 is 2.00 bits per heavy atom. The minimum absolute atomic E-state index is 0.518. The highest BCUT2D eigenvalue weighted by atomic mass is 15.5. The molecule has 0 aliphatic rings. The van der Waals surface area contributed by atoms with E-state index in [1.165, 1.54) is 5.56 Å². The molecule has 2 aromatic heterocycles. The van der Waals surface area contributed by atoms with Crippen molar-refractivity contribution >= 4 is 5.82 Å². The van der Waals surface area contributed by atoms with Crippen LogP contribution in [0.4, 0.5) is 5.82 Å². The molecule has 0 unspecified atom stereocenters. The maximum atomic E-state index is 6.18. The standard InChI is InChI=1S/C15H15N5/c1-10-5-6-13(11(2)8-10)20-15(16)14(18-19-20)12-4-3-7-17-9-12/h3-9H,16H2,1-2H3. The summed E-state index contributed by atoms with van der Waals surface area (Å²) in [4.78, 5) is 4.08. The molecule has 3 aromatic rings. The van der Waals surface area contributed by atoms with E-state index in [1.807, 2.05) is 31.2 Å². The van der Waals surface area contributed by atoms with Crippen LogP contribution in [0.5, 0.6) is 0 Å². The lowest BCUT2D eigenvalue weighted by Crippen LogP contribution is -2.04. The molecule has 5 heteroatoms. The van der Waals surface area contributed by atoms with E-state index in [4.69, 9.17) is 5.73 Å². The van der Waals surface area contributed by atoms with Gasteiger partial charge in [-0.15, -0.1) is 5.10 Å². The third-order valence-electron chi connectivity index (χ3n) is 3.22. The molecule has 0 saturated carbocycles. The van der Waals surface area contributed by atoms with Crippen molar-refractivity contribution < 1.29 is 0 Å². The Labute approximate surface area is 117 Å². The highest BCUT2D eigenvalue weighted by Crippen LogP contribution is 2.25. The fourth-order valence-electron chi connectivity index (χ4n) is 2.22. The van der Waals surface area contributed by atoms with Crippen LogP contribution in [0.1, 0.15) is 11.1 Å². The van der Waals surface area contributed by atoms with Crippen LogP contribution < -0.4 is 5.73 Å². The molecule has 20 heavy (non-hydrogen) atoms. The van der Waals surface area contributed by atoms with Gasteiger partial charge in [-0.2, -0.15) is 4.68 Å². The van der Waals surface area contributed by atoms with Crippen molar-refractivity contribution in [3.05, 3.63) is 53.9 Å². The Bertz CT molecular complexity index is 746. The lowest BCUT2D eigenvalue weighted by atomic mass is 10.1. The van der Waals surface area contributed by atoms with Gasteiger partial charge < -0.3 is 5.73 Å². The Balaban J connectivity index is 2.11. The van der Waals surface area contributed by atoms with E-state index in [0.29, 0.717) is 11.5 Å². The highest BCUT2D eigenvalue weighted by Gasteiger charge is 2.14. The van der Waals surface area contributed by atoms with Crippen LogP contribution >= 0.6 is 0 Å². The summed E-state index contributed by atoms with van der Waals surface area (Å²) in [6, 6.07) is 9.90. The van der Waals surface area contributed by atoms with Gasteiger partial charge in [0.25, 0.3) is 0 Å². The van der Waals surface area contributed by atoms with Gasteiger partial charge in [-0.05, 0) is 37.6 Å². The Kier molecular flexibility index (Phi) is 2.95. The van der Waals surface area contributed by atoms with Crippen LogP contribution in [0.15, 0.2) is 42.7 Å². The number of aryl methyl sites for hydroxylation is 2. The SMILES string of the molecule is Cc1ccc(-n2nnc(-c3cccnc3)c2N)c(C)c1. The second-order valence-electron chi connectivity index (χ2n) is 4.77. The number of pyridine rings is 1. The number of nitrogens with two attached hydrogens (primary N) is 1. The molecule has 0 saturated heterocycles. The monoisotopic (exact) mass is 265 g/mol. The fourth-order valence-corrected chi connectivity index (χ4v) is 2.22. The molecule has 1 aromatic carbocycles. The lowest BCUT2D eigenvalue weighted by molar-refractivity contribution is 0.805. The highest BCUT2D eigenvalue weighted by molar-refractivity contribution is 5.70. The molecule has 0 atom stereocenters. The smallest absolute Gasteiger partial charge is 0.155 e. The summed E-state index contributed by atoms with van der Waals surface area (Å²) in [5.41, 5.74) is 11.0. The van der Waals surface area contributed by atoms with Crippen LogP contribution in [-0.2, 0) is 0 Å². The fraction of sp³-hybridized carbons (Fsp3) is 0.133. The van der Waals surface area contributed by atoms with Gasteiger partial charge in [0.05, 0.1) is 5.69 Å². The van der Waals surface area contributed by atoms with Gasteiger partial charge in [0.1, 0.15) is 5.69 Å². The summed E-state index contributed by atoms with van der Waals surface area (Å²) in [7, 11) is 0. The Morgan fingerprint density at radius 3 is 2.70 bits per heavy atom. The van der Waals surface area contributed by atoms with Gasteiger partial charge in [0, 0.05) is 18.0 Å². The molecule has 2 heterocycles. The zero-order valence-electron chi connectivity index (χ0n) is 11.4. The van der Waals surface area contributed by atoms with Crippen molar-refractivity contribution in [1.82, 2.24) is 20.0 Å². The molecule has 0 fully saturated rings. The lowest BCUT2D eigenvalue weighted by Gasteiger charge is -2.08. The maximum Gasteiger partial charge on any atom is 0.155 e. The van der Waals surface area contributed by atoms with Gasteiger partial charge in [-0.3, -0.25) is 4.98 Å². The van der Waals surface area contributed by atoms with Crippen molar-refractivity contribution in [2.75, 3.05) is 5.73 Å². The minimum atomic E-state index is 0.518. The first kappa shape index (κ1) is 12.3. The van der Waals surface area contributed by atoms with E-state index < -0.39 is 0 Å². The molecule has 0 aliphatic heterocycles. The van der Waals surface area contributed by atoms with E-state index in [0.717, 1.165) is 16.8 Å². The number of nitrogens with zero attached hydrogens (tertiary/aromatic N) is 4. The molecule has 5 nitrogen and oxygen atoms in total. The van der Waals surface area contributed by atoms with E-state index in [9.17, 15) is 0 Å². The molecular formula is C15H15N5. The molecule has 2 N–H and O–H groups in total. The van der Waals surface area contributed by atoms with Gasteiger partial charge in [-0.1, -0.05) is 22.9 Å². The van der Waals surface area contributed by atoms with Crippen LogP contribution in [0.3, 0.4) is 0 Å². The number of anilines is 1. The third-order valence-corrected chi connectivity index (χ3v) is 3.22. The zero-order valence-corrected chi connectivity index (χ0v) is 11.4. The van der Waals surface area contributed by atoms with Crippen LogP contribution in [0, 0.1) is 13.8 Å². The van der Waals surface area contributed by atoms with E-state index in [-0.39, 0.29) is 0 Å². The average molecular weight is 265 g/mol. The van der Waals surface area contributed by atoms with Crippen LogP contribution in [-0.4, -0.2) is 20.0 Å². The predicted octanol–water partition coefficient (Wildman–Crippen LogP) is 2.53. The van der Waals surface area contributed by atoms with Crippen molar-refractivity contribution in [2.45, 2.75) is 13.8 Å². The molecular weight excluding hydrogens is 250 g/mol. The number of rotatable bonds is 2. The van der Waals surface area contributed by atoms with Gasteiger partial charge in [0.15, 0.2) is 5.82 Å². The normalized spacial score (nSPS) is 10.7. The van der Waals surface area contributed by atoms with E-state index in [2.05, 4.69) is 28.3 Å². The first-order valence-corrected chi connectivity index (χ1v) is 6.36. The molecule has 0 amide bonds. The van der Waals surface area contributed by atoms with Crippen LogP contribution in [0.25, 0.3) is 16.9 Å². The molecule has 3 rings (SSSR count). The number of aromatic nitrogens is 4. The second kappa shape index (κ2) is 4.77. The number of hydrogen-bond acceptors (Lipinski definition) is 4. The molecule has 0 aliphatic carbocycles. The quantitative estimate of drug-likeness (QED) is 0.773. The first-order valence-electron chi connectivity index (χ1n) is 6.36. The zero-order chi connectivity index (χ0) is 14.1. The Hall–Kier alpha value is -2.69. The number of benzene rings is 1. The van der Waals surface area contributed by atoms with E-state index in [1.54, 1.807) is 17.1 Å². The average Bonchev–Trinajstić information content (AvgIpc) is 2.82. The van der Waals surface area contributed by atoms with Crippen molar-refractivity contribution in [1.29, 1.82) is 0 Å². The van der Waals surface area contributed by atoms with Crippen molar-refractivity contribution in [3.63, 3.8) is 0 Å². The predicted molar refractivity (Wildman–Crippen MR) is 78.5 cm³/mol. The van der Waals surface area contributed by atoms with Gasteiger partial charge in [-0.25, -0.2) is 0 Å². The van der Waals surface area contributed by atoms with E-state index >= 15 is 0 Å². The summed E-state index contributed by atoms with van der Waals surface area (Å²) in [6.45, 7) is 4.09. The van der Waals surface area contributed by atoms with Gasteiger partial charge >= 0.3 is 0 Å². The minimum Gasteiger partial charge on any atom is -0.382 e.